The number of hydrogen-bond acceptors (Lipinski definition) is 3. The molecule has 0 aliphatic carbocycles. The Morgan fingerprint density at radius 2 is 2.00 bits per heavy atom. The van der Waals surface area contributed by atoms with Crippen molar-refractivity contribution in [3.05, 3.63) is 23.3 Å². The van der Waals surface area contributed by atoms with Crippen molar-refractivity contribution in [2.75, 3.05) is 12.3 Å². The molecule has 21 heavy (non-hydrogen) atoms. The van der Waals surface area contributed by atoms with Gasteiger partial charge in [-0.15, -0.1) is 0 Å². The Morgan fingerprint density at radius 1 is 1.29 bits per heavy atom. The molecule has 2 rings (SSSR count). The summed E-state index contributed by atoms with van der Waals surface area (Å²) in [5.74, 6) is 0. The van der Waals surface area contributed by atoms with Crippen LogP contribution in [0, 0.1) is 13.8 Å². The molecule has 4 nitrogen and oxygen atoms in total. The van der Waals surface area contributed by atoms with Crippen molar-refractivity contribution >= 4 is 15.7 Å². The van der Waals surface area contributed by atoms with Gasteiger partial charge >= 0.3 is 0 Å². The second kappa shape index (κ2) is 6.36. The zero-order valence-electron chi connectivity index (χ0n) is 13.2. The van der Waals surface area contributed by atoms with E-state index in [1.54, 1.807) is 16.4 Å². The Bertz CT molecular complexity index is 586. The van der Waals surface area contributed by atoms with Gasteiger partial charge in [-0.3, -0.25) is 0 Å². The van der Waals surface area contributed by atoms with Crippen LogP contribution in [0.25, 0.3) is 0 Å². The molecule has 1 atom stereocenters. The first-order chi connectivity index (χ1) is 9.87. The summed E-state index contributed by atoms with van der Waals surface area (Å²) >= 11 is 0. The molecule has 0 bridgehead atoms. The molecule has 0 radical (unpaired) electrons. The summed E-state index contributed by atoms with van der Waals surface area (Å²) in [6.45, 7) is 6.56. The number of nitrogen functional groups attached to an aromatic ring is 1. The number of benzene rings is 1. The summed E-state index contributed by atoms with van der Waals surface area (Å²) in [5.41, 5.74) is 8.40. The number of aryl methyl sites for hydroxylation is 1. The minimum absolute atomic E-state index is 0.136. The second-order valence-electron chi connectivity index (χ2n) is 6.01. The quantitative estimate of drug-likeness (QED) is 0.868. The van der Waals surface area contributed by atoms with Crippen molar-refractivity contribution in [2.45, 2.75) is 63.8 Å². The van der Waals surface area contributed by atoms with Crippen LogP contribution in [-0.2, 0) is 10.0 Å². The molecule has 1 saturated heterocycles. The summed E-state index contributed by atoms with van der Waals surface area (Å²) in [5, 5.41) is 0. The highest BCUT2D eigenvalue weighted by atomic mass is 32.2. The van der Waals surface area contributed by atoms with Gasteiger partial charge in [0.1, 0.15) is 0 Å². The third kappa shape index (κ3) is 3.24. The molecule has 2 N–H and O–H groups in total. The van der Waals surface area contributed by atoms with Crippen LogP contribution in [0.5, 0.6) is 0 Å². The lowest BCUT2D eigenvalue weighted by Gasteiger charge is -2.34. The summed E-state index contributed by atoms with van der Waals surface area (Å²) in [6, 6.07) is 3.49. The van der Waals surface area contributed by atoms with Crippen LogP contribution in [0.1, 0.15) is 50.2 Å². The molecule has 1 heterocycles. The number of anilines is 1. The van der Waals surface area contributed by atoms with E-state index in [4.69, 9.17) is 5.73 Å². The highest BCUT2D eigenvalue weighted by molar-refractivity contribution is 7.89. The maximum absolute atomic E-state index is 13.0. The minimum Gasteiger partial charge on any atom is -0.398 e. The van der Waals surface area contributed by atoms with E-state index in [1.165, 1.54) is 0 Å². The van der Waals surface area contributed by atoms with Gasteiger partial charge in [0, 0.05) is 18.3 Å². The molecule has 0 aromatic heterocycles. The Morgan fingerprint density at radius 3 is 2.62 bits per heavy atom. The van der Waals surface area contributed by atoms with Crippen LogP contribution < -0.4 is 5.73 Å². The average molecular weight is 310 g/mol. The maximum Gasteiger partial charge on any atom is 0.243 e. The molecule has 0 amide bonds. The van der Waals surface area contributed by atoms with Gasteiger partial charge in [0.15, 0.2) is 0 Å². The van der Waals surface area contributed by atoms with Crippen LogP contribution in [0.15, 0.2) is 17.0 Å². The molecule has 0 saturated carbocycles. The monoisotopic (exact) mass is 310 g/mol. The predicted octanol–water partition coefficient (Wildman–Crippen LogP) is 3.23. The Hall–Kier alpha value is -1.07. The van der Waals surface area contributed by atoms with E-state index >= 15 is 0 Å². The largest absolute Gasteiger partial charge is 0.398 e. The van der Waals surface area contributed by atoms with Crippen LogP contribution in [0.4, 0.5) is 5.69 Å². The van der Waals surface area contributed by atoms with Gasteiger partial charge in [-0.1, -0.05) is 19.8 Å². The number of hydrogen-bond donors (Lipinski definition) is 1. The van der Waals surface area contributed by atoms with Gasteiger partial charge in [-0.05, 0) is 56.4 Å². The molecule has 118 valence electrons. The Labute approximate surface area is 128 Å². The van der Waals surface area contributed by atoms with Gasteiger partial charge in [0.05, 0.1) is 4.90 Å². The molecule has 1 fully saturated rings. The first kappa shape index (κ1) is 16.3. The Balaban J connectivity index is 2.40. The Kier molecular flexibility index (Phi) is 4.94. The van der Waals surface area contributed by atoms with E-state index in [0.29, 0.717) is 17.1 Å². The predicted molar refractivity (Wildman–Crippen MR) is 86.8 cm³/mol. The summed E-state index contributed by atoms with van der Waals surface area (Å²) in [7, 11) is -3.44. The van der Waals surface area contributed by atoms with E-state index in [9.17, 15) is 8.42 Å². The van der Waals surface area contributed by atoms with Crippen molar-refractivity contribution in [1.29, 1.82) is 0 Å². The minimum atomic E-state index is -3.44. The van der Waals surface area contributed by atoms with Crippen LogP contribution in [-0.4, -0.2) is 25.3 Å². The standard InChI is InChI=1S/C16H26N2O2S/c1-4-7-14-8-5-6-9-18(14)21(19,20)15-10-12(2)13(3)16(17)11-15/h10-11,14H,4-9,17H2,1-3H3. The summed E-state index contributed by atoms with van der Waals surface area (Å²) in [6.07, 6.45) is 4.96. The number of piperidine rings is 1. The SMILES string of the molecule is CCCC1CCCCN1S(=O)(=O)c1cc(C)c(C)c(N)c1. The smallest absolute Gasteiger partial charge is 0.243 e. The zero-order chi connectivity index (χ0) is 15.6. The fourth-order valence-corrected chi connectivity index (χ4v) is 4.89. The van der Waals surface area contributed by atoms with E-state index < -0.39 is 10.0 Å². The summed E-state index contributed by atoms with van der Waals surface area (Å²) in [4.78, 5) is 0.339. The third-order valence-electron chi connectivity index (χ3n) is 4.48. The highest BCUT2D eigenvalue weighted by Gasteiger charge is 2.33. The van der Waals surface area contributed by atoms with Crippen molar-refractivity contribution in [3.8, 4) is 0 Å². The fraction of sp³-hybridized carbons (Fsp3) is 0.625. The zero-order valence-corrected chi connectivity index (χ0v) is 14.0. The van der Waals surface area contributed by atoms with Crippen LogP contribution in [0.2, 0.25) is 0 Å². The molecule has 1 aromatic rings. The van der Waals surface area contributed by atoms with Crippen molar-refractivity contribution < 1.29 is 8.42 Å². The number of sulfonamides is 1. The first-order valence-corrected chi connectivity index (χ1v) is 9.20. The lowest BCUT2D eigenvalue weighted by molar-refractivity contribution is 0.239. The van der Waals surface area contributed by atoms with Crippen molar-refractivity contribution in [2.24, 2.45) is 0 Å². The van der Waals surface area contributed by atoms with E-state index in [0.717, 1.165) is 43.2 Å². The first-order valence-electron chi connectivity index (χ1n) is 7.76. The van der Waals surface area contributed by atoms with E-state index in [1.807, 2.05) is 13.8 Å². The van der Waals surface area contributed by atoms with E-state index in [2.05, 4.69) is 6.92 Å². The highest BCUT2D eigenvalue weighted by Crippen LogP contribution is 2.30. The third-order valence-corrected chi connectivity index (χ3v) is 6.41. The topological polar surface area (TPSA) is 63.4 Å². The fourth-order valence-electron chi connectivity index (χ4n) is 3.05. The van der Waals surface area contributed by atoms with Gasteiger partial charge in [0.2, 0.25) is 10.0 Å². The second-order valence-corrected chi connectivity index (χ2v) is 7.90. The summed E-state index contributed by atoms with van der Waals surface area (Å²) < 4.78 is 27.6. The van der Waals surface area contributed by atoms with Gasteiger partial charge < -0.3 is 5.73 Å². The van der Waals surface area contributed by atoms with Gasteiger partial charge in [0.25, 0.3) is 0 Å². The molecule has 1 unspecified atom stereocenters. The lowest BCUT2D eigenvalue weighted by atomic mass is 10.0. The van der Waals surface area contributed by atoms with Crippen molar-refractivity contribution in [1.82, 2.24) is 4.31 Å². The normalized spacial score (nSPS) is 20.6. The number of rotatable bonds is 4. The number of nitrogens with zero attached hydrogens (tertiary/aromatic N) is 1. The van der Waals surface area contributed by atoms with Crippen molar-refractivity contribution in [3.63, 3.8) is 0 Å². The van der Waals surface area contributed by atoms with Gasteiger partial charge in [-0.2, -0.15) is 4.31 Å². The molecular formula is C16H26N2O2S. The van der Waals surface area contributed by atoms with Gasteiger partial charge in [-0.25, -0.2) is 8.42 Å². The molecule has 1 aliphatic rings. The van der Waals surface area contributed by atoms with Crippen LogP contribution >= 0.6 is 0 Å². The molecule has 0 spiro atoms. The molecule has 1 aliphatic heterocycles. The van der Waals surface area contributed by atoms with E-state index in [-0.39, 0.29) is 6.04 Å². The molecule has 5 heteroatoms. The molecular weight excluding hydrogens is 284 g/mol. The van der Waals surface area contributed by atoms with Crippen LogP contribution in [0.3, 0.4) is 0 Å². The maximum atomic E-state index is 13.0. The average Bonchev–Trinajstić information content (AvgIpc) is 2.45. The number of nitrogens with two attached hydrogens (primary N) is 1. The lowest BCUT2D eigenvalue weighted by Crippen LogP contribution is -2.43. The molecule has 1 aromatic carbocycles.